The van der Waals surface area contributed by atoms with Gasteiger partial charge in [-0.1, -0.05) is 12.1 Å². The van der Waals surface area contributed by atoms with Crippen LogP contribution >= 0.6 is 0 Å². The summed E-state index contributed by atoms with van der Waals surface area (Å²) in [6, 6.07) is 9.15. The van der Waals surface area contributed by atoms with Crippen LogP contribution in [0.5, 0.6) is 5.75 Å². The monoisotopic (exact) mass is 383 g/mol. The van der Waals surface area contributed by atoms with Crippen molar-refractivity contribution in [2.45, 2.75) is 19.4 Å². The number of hydrogen-bond acceptors (Lipinski definition) is 6. The van der Waals surface area contributed by atoms with Crippen LogP contribution in [0.25, 0.3) is 0 Å². The van der Waals surface area contributed by atoms with Gasteiger partial charge >= 0.3 is 11.8 Å². The van der Waals surface area contributed by atoms with Crippen LogP contribution in [0.4, 0.5) is 5.95 Å². The number of hydrogen-bond donors (Lipinski definition) is 2. The minimum absolute atomic E-state index is 0.277. The Hall–Kier alpha value is -3.16. The van der Waals surface area contributed by atoms with Gasteiger partial charge in [-0.15, -0.1) is 0 Å². The van der Waals surface area contributed by atoms with Crippen molar-refractivity contribution >= 4 is 17.8 Å². The van der Waals surface area contributed by atoms with E-state index in [1.165, 1.54) is 0 Å². The fourth-order valence-corrected chi connectivity index (χ4v) is 3.15. The largest absolute Gasteiger partial charge is 0.497 e. The summed E-state index contributed by atoms with van der Waals surface area (Å²) < 4.78 is 5.15. The Bertz CT molecular complexity index is 791. The Labute approximate surface area is 164 Å². The van der Waals surface area contributed by atoms with E-state index in [4.69, 9.17) is 4.74 Å². The Kier molecular flexibility index (Phi) is 6.78. The second kappa shape index (κ2) is 9.68. The van der Waals surface area contributed by atoms with E-state index in [1.54, 1.807) is 25.6 Å². The first-order valence-electron chi connectivity index (χ1n) is 9.36. The SMILES string of the molecule is COc1cccc(CNC(=O)C(=O)NCC2CCN(c3ncccn3)CC2)c1. The number of amides is 2. The predicted octanol–water partition coefficient (Wildman–Crippen LogP) is 1.13. The molecule has 2 amide bonds. The van der Waals surface area contributed by atoms with Gasteiger partial charge in [0.25, 0.3) is 0 Å². The van der Waals surface area contributed by atoms with E-state index in [1.807, 2.05) is 24.3 Å². The third-order valence-electron chi connectivity index (χ3n) is 4.79. The number of nitrogens with zero attached hydrogens (tertiary/aromatic N) is 3. The van der Waals surface area contributed by atoms with Crippen molar-refractivity contribution in [3.8, 4) is 5.75 Å². The third kappa shape index (κ3) is 5.42. The Balaban J connectivity index is 1.37. The number of piperidine rings is 1. The summed E-state index contributed by atoms with van der Waals surface area (Å²) in [5.41, 5.74) is 0.871. The highest BCUT2D eigenvalue weighted by atomic mass is 16.5. The fourth-order valence-electron chi connectivity index (χ4n) is 3.15. The van der Waals surface area contributed by atoms with Crippen molar-refractivity contribution in [1.82, 2.24) is 20.6 Å². The molecule has 1 aliphatic heterocycles. The van der Waals surface area contributed by atoms with Crippen LogP contribution < -0.4 is 20.3 Å². The molecule has 2 N–H and O–H groups in total. The summed E-state index contributed by atoms with van der Waals surface area (Å²) in [5.74, 6) is 0.565. The summed E-state index contributed by atoms with van der Waals surface area (Å²) in [4.78, 5) is 34.7. The van der Waals surface area contributed by atoms with E-state index in [2.05, 4.69) is 25.5 Å². The average Bonchev–Trinajstić information content (AvgIpc) is 2.77. The highest BCUT2D eigenvalue weighted by Gasteiger charge is 2.22. The van der Waals surface area contributed by atoms with Gasteiger partial charge < -0.3 is 20.3 Å². The summed E-state index contributed by atoms with van der Waals surface area (Å²) in [7, 11) is 1.59. The standard InChI is InChI=1S/C20H25N5O3/c1-28-17-5-2-4-16(12-17)14-24-19(27)18(26)23-13-15-6-10-25(11-7-15)20-21-8-3-9-22-20/h2-5,8-9,12,15H,6-7,10-11,13-14H2,1H3,(H,23,26)(H,24,27). The van der Waals surface area contributed by atoms with Crippen LogP contribution in [0.2, 0.25) is 0 Å². The minimum Gasteiger partial charge on any atom is -0.497 e. The Morgan fingerprint density at radius 2 is 1.82 bits per heavy atom. The number of aromatic nitrogens is 2. The molecule has 0 aliphatic carbocycles. The first-order chi connectivity index (χ1) is 13.7. The molecule has 1 aromatic carbocycles. The summed E-state index contributed by atoms with van der Waals surface area (Å²) in [6.07, 6.45) is 5.31. The Morgan fingerprint density at radius 1 is 1.11 bits per heavy atom. The van der Waals surface area contributed by atoms with E-state index < -0.39 is 11.8 Å². The van der Waals surface area contributed by atoms with Gasteiger partial charge in [-0.25, -0.2) is 9.97 Å². The molecule has 0 bridgehead atoms. The van der Waals surface area contributed by atoms with Gasteiger partial charge in [-0.3, -0.25) is 9.59 Å². The molecule has 1 fully saturated rings. The Morgan fingerprint density at radius 3 is 2.54 bits per heavy atom. The number of benzene rings is 1. The van der Waals surface area contributed by atoms with Gasteiger partial charge in [0.1, 0.15) is 5.75 Å². The van der Waals surface area contributed by atoms with Crippen LogP contribution in [0.1, 0.15) is 18.4 Å². The van der Waals surface area contributed by atoms with Crippen LogP contribution in [-0.2, 0) is 16.1 Å². The molecule has 1 aromatic heterocycles. The summed E-state index contributed by atoms with van der Waals surface area (Å²) >= 11 is 0. The molecule has 8 nitrogen and oxygen atoms in total. The molecule has 2 aromatic rings. The molecule has 2 heterocycles. The number of carbonyl (C=O) groups is 2. The van der Waals surface area contributed by atoms with Crippen LogP contribution in [0, 0.1) is 5.92 Å². The van der Waals surface area contributed by atoms with Crippen LogP contribution in [0.15, 0.2) is 42.7 Å². The lowest BCUT2D eigenvalue weighted by Crippen LogP contribution is -2.43. The topological polar surface area (TPSA) is 96.4 Å². The fraction of sp³-hybridized carbons (Fsp3) is 0.400. The molecule has 148 valence electrons. The number of ether oxygens (including phenoxy) is 1. The van der Waals surface area contributed by atoms with E-state index in [-0.39, 0.29) is 6.54 Å². The van der Waals surface area contributed by atoms with Gasteiger partial charge in [0.2, 0.25) is 5.95 Å². The molecular formula is C20H25N5O3. The van der Waals surface area contributed by atoms with Crippen LogP contribution in [0.3, 0.4) is 0 Å². The number of methoxy groups -OCH3 is 1. The number of carbonyl (C=O) groups excluding carboxylic acids is 2. The second-order valence-corrected chi connectivity index (χ2v) is 6.72. The molecule has 1 aliphatic rings. The van der Waals surface area contributed by atoms with E-state index >= 15 is 0 Å². The molecule has 0 spiro atoms. The summed E-state index contributed by atoms with van der Waals surface area (Å²) in [5, 5.41) is 5.38. The molecule has 28 heavy (non-hydrogen) atoms. The van der Waals surface area contributed by atoms with Crippen molar-refractivity contribution in [3.63, 3.8) is 0 Å². The quantitative estimate of drug-likeness (QED) is 0.726. The van der Waals surface area contributed by atoms with Gasteiger partial charge in [-0.05, 0) is 42.5 Å². The second-order valence-electron chi connectivity index (χ2n) is 6.72. The van der Waals surface area contributed by atoms with Crippen molar-refractivity contribution in [1.29, 1.82) is 0 Å². The maximum atomic E-state index is 12.0. The molecule has 3 rings (SSSR count). The van der Waals surface area contributed by atoms with Gasteiger partial charge in [0.05, 0.1) is 7.11 Å². The van der Waals surface area contributed by atoms with E-state index in [0.717, 1.165) is 37.4 Å². The lowest BCUT2D eigenvalue weighted by molar-refractivity contribution is -0.139. The zero-order chi connectivity index (χ0) is 19.8. The van der Waals surface area contributed by atoms with Crippen molar-refractivity contribution in [2.24, 2.45) is 5.92 Å². The predicted molar refractivity (Wildman–Crippen MR) is 105 cm³/mol. The number of anilines is 1. The smallest absolute Gasteiger partial charge is 0.309 e. The van der Waals surface area contributed by atoms with Gasteiger partial charge in [-0.2, -0.15) is 0 Å². The van der Waals surface area contributed by atoms with E-state index in [0.29, 0.717) is 18.2 Å². The van der Waals surface area contributed by atoms with Gasteiger partial charge in [0.15, 0.2) is 0 Å². The lowest BCUT2D eigenvalue weighted by atomic mass is 9.97. The molecule has 0 saturated carbocycles. The maximum Gasteiger partial charge on any atom is 0.309 e. The average molecular weight is 383 g/mol. The zero-order valence-electron chi connectivity index (χ0n) is 15.9. The highest BCUT2D eigenvalue weighted by molar-refractivity contribution is 6.35. The van der Waals surface area contributed by atoms with E-state index in [9.17, 15) is 9.59 Å². The molecule has 1 saturated heterocycles. The number of rotatable bonds is 6. The first-order valence-corrected chi connectivity index (χ1v) is 9.36. The molecular weight excluding hydrogens is 358 g/mol. The van der Waals surface area contributed by atoms with Crippen LogP contribution in [-0.4, -0.2) is 48.5 Å². The normalized spacial score (nSPS) is 14.4. The molecule has 0 unspecified atom stereocenters. The molecule has 0 atom stereocenters. The van der Waals surface area contributed by atoms with Crippen molar-refractivity contribution in [3.05, 3.63) is 48.3 Å². The summed E-state index contributed by atoms with van der Waals surface area (Å²) in [6.45, 7) is 2.45. The van der Waals surface area contributed by atoms with Gasteiger partial charge in [0, 0.05) is 38.6 Å². The zero-order valence-corrected chi connectivity index (χ0v) is 15.9. The third-order valence-corrected chi connectivity index (χ3v) is 4.79. The maximum absolute atomic E-state index is 12.0. The van der Waals surface area contributed by atoms with Crippen molar-refractivity contribution < 1.29 is 14.3 Å². The number of nitrogens with one attached hydrogen (secondary N) is 2. The highest BCUT2D eigenvalue weighted by Crippen LogP contribution is 2.19. The molecule has 8 heteroatoms. The lowest BCUT2D eigenvalue weighted by Gasteiger charge is -2.31. The van der Waals surface area contributed by atoms with Crippen molar-refractivity contribution in [2.75, 3.05) is 31.6 Å². The minimum atomic E-state index is -0.627. The molecule has 0 radical (unpaired) electrons. The first kappa shape index (κ1) is 19.6.